The number of nitrogens with zero attached hydrogens (tertiary/aromatic N) is 2. The molecule has 0 saturated carbocycles. The van der Waals surface area contributed by atoms with Gasteiger partial charge in [0.1, 0.15) is 0 Å². The van der Waals surface area contributed by atoms with Gasteiger partial charge in [-0.15, -0.1) is 0 Å². The van der Waals surface area contributed by atoms with E-state index in [0.29, 0.717) is 10.6 Å². The lowest BCUT2D eigenvalue weighted by Gasteiger charge is -2.19. The van der Waals surface area contributed by atoms with Crippen LogP contribution in [0.3, 0.4) is 0 Å². The molecule has 5 heteroatoms. The van der Waals surface area contributed by atoms with Gasteiger partial charge >= 0.3 is 0 Å². The molecular weight excluding hydrogens is 284 g/mol. The summed E-state index contributed by atoms with van der Waals surface area (Å²) in [6.07, 6.45) is 0. The summed E-state index contributed by atoms with van der Waals surface area (Å²) in [7, 11) is -3.33. The van der Waals surface area contributed by atoms with Crippen LogP contribution in [0.5, 0.6) is 0 Å². The van der Waals surface area contributed by atoms with Crippen LogP contribution in [0.4, 0.5) is 11.4 Å². The average Bonchev–Trinajstić information content (AvgIpc) is 2.45. The van der Waals surface area contributed by atoms with Crippen molar-refractivity contribution in [2.75, 3.05) is 0 Å². The lowest BCUT2D eigenvalue weighted by atomic mass is 10.3. The first-order valence-corrected chi connectivity index (χ1v) is 8.10. The zero-order valence-electron chi connectivity index (χ0n) is 12.3. The molecular formula is C16H18N2O2S. The Morgan fingerprint density at radius 3 is 1.71 bits per heavy atom. The molecule has 0 saturated heterocycles. The second-order valence-electron chi connectivity index (χ2n) is 5.65. The van der Waals surface area contributed by atoms with Gasteiger partial charge < -0.3 is 0 Å². The van der Waals surface area contributed by atoms with E-state index in [1.807, 2.05) is 30.3 Å². The first kappa shape index (κ1) is 15.4. The zero-order chi connectivity index (χ0) is 15.5. The van der Waals surface area contributed by atoms with E-state index < -0.39 is 14.6 Å². The Morgan fingerprint density at radius 1 is 0.762 bits per heavy atom. The molecule has 2 aromatic rings. The van der Waals surface area contributed by atoms with E-state index in [4.69, 9.17) is 0 Å². The predicted molar refractivity (Wildman–Crippen MR) is 84.0 cm³/mol. The van der Waals surface area contributed by atoms with E-state index in [-0.39, 0.29) is 0 Å². The minimum absolute atomic E-state index is 0.300. The number of rotatable bonds is 3. The Labute approximate surface area is 125 Å². The Hall–Kier alpha value is -2.01. The number of hydrogen-bond acceptors (Lipinski definition) is 4. The van der Waals surface area contributed by atoms with Crippen molar-refractivity contribution in [1.29, 1.82) is 0 Å². The molecule has 0 bridgehead atoms. The third-order valence-corrected chi connectivity index (χ3v) is 5.50. The molecule has 0 N–H and O–H groups in total. The van der Waals surface area contributed by atoms with Crippen molar-refractivity contribution >= 4 is 21.2 Å². The second-order valence-corrected chi connectivity index (χ2v) is 8.35. The van der Waals surface area contributed by atoms with Crippen molar-refractivity contribution in [2.45, 2.75) is 30.4 Å². The van der Waals surface area contributed by atoms with Gasteiger partial charge in [0.25, 0.3) is 0 Å². The van der Waals surface area contributed by atoms with Crippen molar-refractivity contribution in [3.8, 4) is 0 Å². The van der Waals surface area contributed by atoms with E-state index in [1.165, 1.54) is 0 Å². The summed E-state index contributed by atoms with van der Waals surface area (Å²) in [6, 6.07) is 15.8. The van der Waals surface area contributed by atoms with Crippen LogP contribution in [0.1, 0.15) is 20.8 Å². The van der Waals surface area contributed by atoms with E-state index >= 15 is 0 Å². The number of hydrogen-bond donors (Lipinski definition) is 0. The smallest absolute Gasteiger partial charge is 0.183 e. The SMILES string of the molecule is CC(C)(C)S(=O)(=O)c1ccc(N=Nc2ccccc2)cc1. The molecule has 0 radical (unpaired) electrons. The largest absolute Gasteiger partial charge is 0.223 e. The molecule has 0 unspecified atom stereocenters. The Kier molecular flexibility index (Phi) is 4.23. The van der Waals surface area contributed by atoms with Crippen molar-refractivity contribution in [3.05, 3.63) is 54.6 Å². The van der Waals surface area contributed by atoms with Gasteiger partial charge in [0.2, 0.25) is 0 Å². The molecule has 110 valence electrons. The van der Waals surface area contributed by atoms with Crippen molar-refractivity contribution in [3.63, 3.8) is 0 Å². The highest BCUT2D eigenvalue weighted by atomic mass is 32.2. The monoisotopic (exact) mass is 302 g/mol. The van der Waals surface area contributed by atoms with E-state index in [1.54, 1.807) is 45.0 Å². The van der Waals surface area contributed by atoms with Crippen LogP contribution in [0.25, 0.3) is 0 Å². The lowest BCUT2D eigenvalue weighted by Crippen LogP contribution is -2.27. The van der Waals surface area contributed by atoms with Crippen LogP contribution in [-0.4, -0.2) is 13.2 Å². The highest BCUT2D eigenvalue weighted by molar-refractivity contribution is 7.92. The Balaban J connectivity index is 2.23. The topological polar surface area (TPSA) is 58.9 Å². The fourth-order valence-electron chi connectivity index (χ4n) is 1.66. The fourth-order valence-corrected chi connectivity index (χ4v) is 2.86. The maximum absolute atomic E-state index is 12.3. The molecule has 4 nitrogen and oxygen atoms in total. The maximum atomic E-state index is 12.3. The molecule has 0 aliphatic heterocycles. The Morgan fingerprint density at radius 2 is 1.24 bits per heavy atom. The van der Waals surface area contributed by atoms with Gasteiger partial charge in [-0.25, -0.2) is 8.42 Å². The average molecular weight is 302 g/mol. The Bertz CT molecular complexity index is 728. The van der Waals surface area contributed by atoms with E-state index in [9.17, 15) is 8.42 Å². The van der Waals surface area contributed by atoms with E-state index in [2.05, 4.69) is 10.2 Å². The standard InChI is InChI=1S/C16H18N2O2S/c1-16(2,3)21(19,20)15-11-9-14(10-12-15)18-17-13-7-5-4-6-8-13/h4-12H,1-3H3. The minimum Gasteiger partial charge on any atom is -0.223 e. The van der Waals surface area contributed by atoms with Crippen molar-refractivity contribution in [1.82, 2.24) is 0 Å². The molecule has 0 amide bonds. The highest BCUT2D eigenvalue weighted by Crippen LogP contribution is 2.26. The molecule has 0 aliphatic carbocycles. The maximum Gasteiger partial charge on any atom is 0.183 e. The van der Waals surface area contributed by atoms with Gasteiger partial charge in [-0.05, 0) is 57.2 Å². The number of benzene rings is 2. The molecule has 0 aromatic heterocycles. The number of sulfone groups is 1. The van der Waals surface area contributed by atoms with Gasteiger partial charge in [-0.3, -0.25) is 0 Å². The molecule has 2 aromatic carbocycles. The zero-order valence-corrected chi connectivity index (χ0v) is 13.1. The molecule has 21 heavy (non-hydrogen) atoms. The van der Waals surface area contributed by atoms with Gasteiger partial charge in [0, 0.05) is 0 Å². The van der Waals surface area contributed by atoms with Crippen LogP contribution < -0.4 is 0 Å². The molecule has 0 aliphatic rings. The summed E-state index contributed by atoms with van der Waals surface area (Å²) in [5.74, 6) is 0. The van der Waals surface area contributed by atoms with Gasteiger partial charge in [0.15, 0.2) is 9.84 Å². The quantitative estimate of drug-likeness (QED) is 0.773. The van der Waals surface area contributed by atoms with Crippen LogP contribution in [-0.2, 0) is 9.84 Å². The van der Waals surface area contributed by atoms with Gasteiger partial charge in [0.05, 0.1) is 21.0 Å². The number of azo groups is 1. The summed E-state index contributed by atoms with van der Waals surface area (Å²) in [6.45, 7) is 5.06. The molecule has 0 spiro atoms. The third-order valence-electron chi connectivity index (χ3n) is 2.99. The van der Waals surface area contributed by atoms with Crippen LogP contribution in [0, 0.1) is 0 Å². The third kappa shape index (κ3) is 3.55. The van der Waals surface area contributed by atoms with Crippen LogP contribution in [0.15, 0.2) is 69.7 Å². The molecule has 0 fully saturated rings. The first-order valence-electron chi connectivity index (χ1n) is 6.62. The highest BCUT2D eigenvalue weighted by Gasteiger charge is 2.30. The summed E-state index contributed by atoms with van der Waals surface area (Å²) >= 11 is 0. The fraction of sp³-hybridized carbons (Fsp3) is 0.250. The second kappa shape index (κ2) is 5.77. The summed E-state index contributed by atoms with van der Waals surface area (Å²) in [4.78, 5) is 0.300. The molecule has 0 atom stereocenters. The van der Waals surface area contributed by atoms with Crippen molar-refractivity contribution in [2.24, 2.45) is 10.2 Å². The lowest BCUT2D eigenvalue weighted by molar-refractivity contribution is 0.560. The predicted octanol–water partition coefficient (Wildman–Crippen LogP) is 4.67. The minimum atomic E-state index is -3.33. The molecule has 2 rings (SSSR count). The first-order chi connectivity index (χ1) is 9.80. The summed E-state index contributed by atoms with van der Waals surface area (Å²) in [5.41, 5.74) is 1.37. The molecule has 0 heterocycles. The van der Waals surface area contributed by atoms with Gasteiger partial charge in [-0.2, -0.15) is 10.2 Å². The normalized spacial score (nSPS) is 12.7. The van der Waals surface area contributed by atoms with Crippen LogP contribution in [0.2, 0.25) is 0 Å². The van der Waals surface area contributed by atoms with E-state index in [0.717, 1.165) is 5.69 Å². The van der Waals surface area contributed by atoms with Crippen molar-refractivity contribution < 1.29 is 8.42 Å². The summed E-state index contributed by atoms with van der Waals surface area (Å²) < 4.78 is 23.8. The summed E-state index contributed by atoms with van der Waals surface area (Å²) in [5, 5.41) is 8.18. The van der Waals surface area contributed by atoms with Gasteiger partial charge in [-0.1, -0.05) is 18.2 Å². The van der Waals surface area contributed by atoms with Crippen LogP contribution >= 0.6 is 0 Å².